The fourth-order valence-corrected chi connectivity index (χ4v) is 17.4. The van der Waals surface area contributed by atoms with Gasteiger partial charge in [0.25, 0.3) is 0 Å². The molecule has 0 fully saturated rings. The number of ketones is 1. The molecule has 21 nitrogen and oxygen atoms in total. The van der Waals surface area contributed by atoms with Crippen molar-refractivity contribution in [3.05, 3.63) is 336 Å². The zero-order valence-electron chi connectivity index (χ0n) is 88.3. The maximum absolute atomic E-state index is 14.3. The standard InChI is InChI=1S/C129H158O21/c1-4-7-10-12-16-48-72-110(89-91-111(130)90-81-102-56-32-23-33-57-102)113(144-123(134)92-82-103-58-34-24-35-59-103)73-50-17-13-20-53-78-120(131)141-100-112(143-122(133)80-55-22-15-18-51-76-115(146-125(136)94-84-105-62-38-26-39-63-105)114(75-49-11-8-5-2)145-124(135)93-83-104-60-36-25-37-61-104)101-142-121(132)79-54-21-14-19-52-77-117(148-127(138)96-86-107-66-42-28-43-67-107)119(150-129(140)98-88-109-70-46-30-47-71-109)99-118(149-128(139)97-87-108-68-44-29-45-69-108)116(74-31-9-6-3)147-126(137)95-85-106-64-40-27-41-65-106/h23-30,32-47,56-71,81-88,90,92-98,110,112-119H,4-22,31,48-55,72-80,89,91,99-101H2,1-3H3/b90-81+,92-82+,93-83+,94-84+,95-85+,96-86+,97-87+,98-88+. The lowest BCUT2D eigenvalue weighted by atomic mass is 9.87. The lowest BCUT2D eigenvalue weighted by Gasteiger charge is -2.32. The third-order valence-corrected chi connectivity index (χ3v) is 25.7. The largest absolute Gasteiger partial charge is 0.462 e. The molecule has 0 aliphatic carbocycles. The quantitative estimate of drug-likeness (QED) is 0.0148. The Labute approximate surface area is 890 Å². The highest BCUT2D eigenvalue weighted by atomic mass is 16.6. The minimum absolute atomic E-state index is 0.00686. The monoisotopic (exact) mass is 2040 g/mol. The summed E-state index contributed by atoms with van der Waals surface area (Å²) in [6, 6.07) is 74.9. The van der Waals surface area contributed by atoms with Crippen molar-refractivity contribution in [1.82, 2.24) is 0 Å². The summed E-state index contributed by atoms with van der Waals surface area (Å²) >= 11 is 0. The second-order valence-corrected chi connectivity index (χ2v) is 38.1. The van der Waals surface area contributed by atoms with E-state index in [1.54, 1.807) is 48.6 Å². The van der Waals surface area contributed by atoms with Crippen LogP contribution in [-0.4, -0.2) is 128 Å². The van der Waals surface area contributed by atoms with Crippen molar-refractivity contribution < 1.29 is 100 Å². The minimum Gasteiger partial charge on any atom is -0.462 e. The van der Waals surface area contributed by atoms with Crippen molar-refractivity contribution in [2.24, 2.45) is 5.92 Å². The van der Waals surface area contributed by atoms with Gasteiger partial charge in [-0.3, -0.25) is 19.2 Å². The van der Waals surface area contributed by atoms with E-state index in [4.69, 9.17) is 47.4 Å². The molecule has 8 aromatic rings. The molecule has 800 valence electrons. The number of hydrogen-bond donors (Lipinski definition) is 0. The molecule has 0 heterocycles. The molecule has 150 heavy (non-hydrogen) atoms. The predicted molar refractivity (Wildman–Crippen MR) is 595 cm³/mol. The topological polar surface area (TPSA) is 280 Å². The van der Waals surface area contributed by atoms with Gasteiger partial charge >= 0.3 is 59.7 Å². The summed E-state index contributed by atoms with van der Waals surface area (Å²) in [5.74, 6) is -6.19. The fourth-order valence-electron chi connectivity index (χ4n) is 17.4. The summed E-state index contributed by atoms with van der Waals surface area (Å²) in [5, 5.41) is 0. The van der Waals surface area contributed by atoms with Crippen molar-refractivity contribution in [2.45, 2.75) is 326 Å². The van der Waals surface area contributed by atoms with E-state index in [-0.39, 0.29) is 56.8 Å². The first-order valence-corrected chi connectivity index (χ1v) is 54.7. The first-order chi connectivity index (χ1) is 73.3. The van der Waals surface area contributed by atoms with E-state index in [1.165, 1.54) is 49.0 Å². The van der Waals surface area contributed by atoms with Crippen molar-refractivity contribution in [1.29, 1.82) is 0 Å². The number of carbonyl (C=O) groups is 11. The van der Waals surface area contributed by atoms with Crippen LogP contribution >= 0.6 is 0 Å². The molecule has 9 unspecified atom stereocenters. The average Bonchev–Trinajstić information content (AvgIpc) is 0.842. The van der Waals surface area contributed by atoms with Crippen LogP contribution < -0.4 is 0 Å². The maximum atomic E-state index is 14.3. The molecule has 0 aliphatic heterocycles. The van der Waals surface area contributed by atoms with E-state index in [9.17, 15) is 52.7 Å². The van der Waals surface area contributed by atoms with Crippen molar-refractivity contribution >= 4 is 114 Å². The van der Waals surface area contributed by atoms with Gasteiger partial charge in [0.2, 0.25) is 0 Å². The Morgan fingerprint density at radius 1 is 0.200 bits per heavy atom. The van der Waals surface area contributed by atoms with E-state index >= 15 is 0 Å². The van der Waals surface area contributed by atoms with E-state index in [1.807, 2.05) is 256 Å². The maximum Gasteiger partial charge on any atom is 0.331 e. The molecular weight excluding hydrogens is 1890 g/mol. The van der Waals surface area contributed by atoms with Crippen LogP contribution in [0.2, 0.25) is 0 Å². The Kier molecular flexibility index (Phi) is 61.9. The molecule has 21 heteroatoms. The smallest absolute Gasteiger partial charge is 0.331 e. The van der Waals surface area contributed by atoms with Crippen LogP contribution in [0.15, 0.2) is 291 Å². The van der Waals surface area contributed by atoms with Gasteiger partial charge in [0.05, 0.1) is 0 Å². The second-order valence-electron chi connectivity index (χ2n) is 38.1. The molecule has 0 N–H and O–H groups in total. The molecule has 0 radical (unpaired) electrons. The number of ether oxygens (including phenoxy) is 10. The molecule has 0 bridgehead atoms. The second kappa shape index (κ2) is 76.5. The normalized spacial score (nSPS) is 13.5. The molecular formula is C129H158O21. The van der Waals surface area contributed by atoms with E-state index in [0.717, 1.165) is 135 Å². The first-order valence-electron chi connectivity index (χ1n) is 54.7. The Morgan fingerprint density at radius 3 is 0.693 bits per heavy atom. The van der Waals surface area contributed by atoms with Crippen LogP contribution in [0.25, 0.3) is 48.6 Å². The number of unbranched alkanes of at least 4 members (excludes halogenated alkanes) is 22. The highest BCUT2D eigenvalue weighted by Crippen LogP contribution is 2.32. The SMILES string of the molecule is CCCCCCCCC(CCC(=O)/C=C/c1ccccc1)C(CCCCCCCC(=O)OCC(COC(=O)CCCCCCCC(OC(=O)/C=C/c1ccccc1)C(CC(OC(=O)/C=C/c1ccccc1)C(CCCCC)OC(=O)/C=C/c1ccccc1)OC(=O)/C=C/c1ccccc1)OC(=O)CCCCCCCC(OC(=O)/C=C/c1ccccc1)C(CCCCCC)OC(=O)/C=C/c1ccccc1)OC(=O)/C=C/c1ccccc1. The molecule has 0 amide bonds. The molecule has 0 saturated carbocycles. The van der Waals surface area contributed by atoms with Gasteiger partial charge in [0, 0.05) is 74.6 Å². The summed E-state index contributed by atoms with van der Waals surface area (Å²) in [4.78, 5) is 153. The molecule has 0 aromatic heterocycles. The van der Waals surface area contributed by atoms with Crippen molar-refractivity contribution in [3.63, 3.8) is 0 Å². The van der Waals surface area contributed by atoms with Gasteiger partial charge in [-0.15, -0.1) is 0 Å². The number of carbonyl (C=O) groups excluding carboxylic acids is 11. The third-order valence-electron chi connectivity index (χ3n) is 25.7. The number of benzene rings is 8. The summed E-state index contributed by atoms with van der Waals surface area (Å²) in [6.45, 7) is 5.59. The van der Waals surface area contributed by atoms with Gasteiger partial charge < -0.3 is 47.4 Å². The molecule has 0 spiro atoms. The van der Waals surface area contributed by atoms with E-state index in [0.29, 0.717) is 121 Å². The van der Waals surface area contributed by atoms with Crippen LogP contribution in [0.4, 0.5) is 0 Å². The molecule has 0 saturated heterocycles. The Bertz CT molecular complexity index is 5400. The summed E-state index contributed by atoms with van der Waals surface area (Å²) < 4.78 is 61.7. The minimum atomic E-state index is -1.29. The third kappa shape index (κ3) is 55.9. The Balaban J connectivity index is 0.933. The summed E-state index contributed by atoms with van der Waals surface area (Å²) in [6.07, 6.45) is 41.7. The van der Waals surface area contributed by atoms with Crippen LogP contribution in [0.3, 0.4) is 0 Å². The van der Waals surface area contributed by atoms with E-state index in [2.05, 4.69) is 13.8 Å². The molecule has 0 aliphatic rings. The number of allylic oxidation sites excluding steroid dienone is 1. The molecule has 8 aromatic carbocycles. The number of esters is 10. The predicted octanol–water partition coefficient (Wildman–Crippen LogP) is 28.9. The summed E-state index contributed by atoms with van der Waals surface area (Å²) in [5.41, 5.74) is 6.38. The van der Waals surface area contributed by atoms with Gasteiger partial charge in [-0.2, -0.15) is 0 Å². The molecule has 8 rings (SSSR count). The Morgan fingerprint density at radius 2 is 0.407 bits per heavy atom. The van der Waals surface area contributed by atoms with Gasteiger partial charge in [-0.1, -0.05) is 398 Å². The van der Waals surface area contributed by atoms with Crippen LogP contribution in [0.5, 0.6) is 0 Å². The van der Waals surface area contributed by atoms with Crippen molar-refractivity contribution in [2.75, 3.05) is 13.2 Å². The highest BCUT2D eigenvalue weighted by molar-refractivity contribution is 5.94. The zero-order valence-corrected chi connectivity index (χ0v) is 88.3. The number of hydrogen-bond acceptors (Lipinski definition) is 21. The van der Waals surface area contributed by atoms with E-state index < -0.39 is 115 Å². The number of rotatable bonds is 77. The molecule has 9 atom stereocenters. The average molecular weight is 2040 g/mol. The van der Waals surface area contributed by atoms with Crippen LogP contribution in [0, 0.1) is 5.92 Å². The fraction of sp³-hybridized carbons (Fsp3) is 0.419. The Hall–Kier alpha value is -14.0. The van der Waals surface area contributed by atoms with Crippen LogP contribution in [0.1, 0.15) is 322 Å². The first kappa shape index (κ1) is 121. The van der Waals surface area contributed by atoms with Crippen molar-refractivity contribution in [3.8, 4) is 0 Å². The van der Waals surface area contributed by atoms with Gasteiger partial charge in [-0.05, 0) is 195 Å². The lowest BCUT2D eigenvalue weighted by molar-refractivity contribution is -0.175. The highest BCUT2D eigenvalue weighted by Gasteiger charge is 2.38. The van der Waals surface area contributed by atoms with Gasteiger partial charge in [-0.25, -0.2) is 33.6 Å². The van der Waals surface area contributed by atoms with Crippen LogP contribution in [-0.2, 0) is 100 Å². The zero-order chi connectivity index (χ0) is 107. The van der Waals surface area contributed by atoms with Gasteiger partial charge in [0.1, 0.15) is 55.9 Å². The lowest BCUT2D eigenvalue weighted by Crippen LogP contribution is -2.43. The summed E-state index contributed by atoms with van der Waals surface area (Å²) in [7, 11) is 0. The van der Waals surface area contributed by atoms with Gasteiger partial charge in [0.15, 0.2) is 11.9 Å².